The summed E-state index contributed by atoms with van der Waals surface area (Å²) in [6.07, 6.45) is 0.921. The number of aldehydes is 1. The highest BCUT2D eigenvalue weighted by molar-refractivity contribution is 5.50. The minimum Gasteiger partial charge on any atom is -0.378 e. The van der Waals surface area contributed by atoms with Crippen LogP contribution in [-0.4, -0.2) is 105 Å². The van der Waals surface area contributed by atoms with Gasteiger partial charge in [-0.05, 0) is 35.0 Å². The Balaban J connectivity index is 0. The summed E-state index contributed by atoms with van der Waals surface area (Å²) in [4.78, 5) is 11.6. The summed E-state index contributed by atoms with van der Waals surface area (Å²) in [5.41, 5.74) is 0. The normalized spacial score (nSPS) is 10.8. The summed E-state index contributed by atoms with van der Waals surface area (Å²) >= 11 is 0. The van der Waals surface area contributed by atoms with Crippen LogP contribution in [0, 0.1) is 0 Å². The van der Waals surface area contributed by atoms with E-state index in [1.807, 2.05) is 39.9 Å². The number of ether oxygens (including phenoxy) is 5. The SMILES string of the molecule is CC(C)OCC=O.CNCCOCCOCCOCCOCN(C)C. The quantitative estimate of drug-likeness (QED) is 0.225. The lowest BCUT2D eigenvalue weighted by molar-refractivity contribution is -0.113. The molecule has 0 bridgehead atoms. The molecule has 0 aliphatic heterocycles. The van der Waals surface area contributed by atoms with E-state index in [4.69, 9.17) is 23.7 Å². The molecule has 0 aromatic carbocycles. The van der Waals surface area contributed by atoms with E-state index >= 15 is 0 Å². The zero-order chi connectivity index (χ0) is 19.2. The third-order valence-electron chi connectivity index (χ3n) is 2.46. The molecule has 0 saturated carbocycles. The smallest absolute Gasteiger partial charge is 0.145 e. The van der Waals surface area contributed by atoms with Gasteiger partial charge >= 0.3 is 0 Å². The molecule has 1 N–H and O–H groups in total. The van der Waals surface area contributed by atoms with Crippen molar-refractivity contribution >= 4 is 6.29 Å². The minimum absolute atomic E-state index is 0.171. The fourth-order valence-corrected chi connectivity index (χ4v) is 1.31. The van der Waals surface area contributed by atoms with Gasteiger partial charge in [0.05, 0.1) is 59.1 Å². The fourth-order valence-electron chi connectivity index (χ4n) is 1.31. The molecular formula is C17H38N2O6. The zero-order valence-electron chi connectivity index (χ0n) is 16.6. The topological polar surface area (TPSA) is 78.5 Å². The van der Waals surface area contributed by atoms with Crippen LogP contribution in [0.4, 0.5) is 0 Å². The van der Waals surface area contributed by atoms with Crippen LogP contribution in [0.1, 0.15) is 13.8 Å². The van der Waals surface area contributed by atoms with Crippen molar-refractivity contribution in [3.05, 3.63) is 0 Å². The van der Waals surface area contributed by atoms with Crippen molar-refractivity contribution in [1.82, 2.24) is 10.2 Å². The highest BCUT2D eigenvalue weighted by atomic mass is 16.6. The zero-order valence-corrected chi connectivity index (χ0v) is 16.6. The Kier molecular flexibility index (Phi) is 24.9. The van der Waals surface area contributed by atoms with Gasteiger partial charge in [-0.1, -0.05) is 0 Å². The summed E-state index contributed by atoms with van der Waals surface area (Å²) in [7, 11) is 5.83. The molecule has 0 unspecified atom stereocenters. The minimum atomic E-state index is 0.171. The van der Waals surface area contributed by atoms with Gasteiger partial charge in [0.2, 0.25) is 0 Å². The molecule has 25 heavy (non-hydrogen) atoms. The average molecular weight is 366 g/mol. The first-order valence-corrected chi connectivity index (χ1v) is 8.70. The molecule has 0 rings (SSSR count). The molecule has 0 heterocycles. The van der Waals surface area contributed by atoms with Gasteiger partial charge in [-0.15, -0.1) is 0 Å². The van der Waals surface area contributed by atoms with Gasteiger partial charge in [0.1, 0.15) is 12.9 Å². The molecule has 0 atom stereocenters. The first-order valence-electron chi connectivity index (χ1n) is 8.70. The van der Waals surface area contributed by atoms with E-state index < -0.39 is 0 Å². The molecule has 0 amide bonds. The second kappa shape index (κ2) is 23.4. The van der Waals surface area contributed by atoms with Gasteiger partial charge in [-0.2, -0.15) is 0 Å². The van der Waals surface area contributed by atoms with Gasteiger partial charge in [-0.25, -0.2) is 0 Å². The Bertz CT molecular complexity index is 255. The number of hydrogen-bond acceptors (Lipinski definition) is 8. The molecule has 0 radical (unpaired) electrons. The molecule has 0 aromatic rings. The first-order chi connectivity index (χ1) is 12.0. The second-order valence-electron chi connectivity index (χ2n) is 5.61. The summed E-state index contributed by atoms with van der Waals surface area (Å²) in [5.74, 6) is 0. The van der Waals surface area contributed by atoms with Gasteiger partial charge < -0.3 is 33.8 Å². The van der Waals surface area contributed by atoms with E-state index in [9.17, 15) is 4.79 Å². The molecule has 152 valence electrons. The molecule has 0 spiro atoms. The Labute approximate surface area is 153 Å². The van der Waals surface area contributed by atoms with Crippen LogP contribution in [-0.2, 0) is 28.5 Å². The summed E-state index contributed by atoms with van der Waals surface area (Å²) in [6.45, 7) is 9.90. The van der Waals surface area contributed by atoms with Crippen molar-refractivity contribution in [2.45, 2.75) is 20.0 Å². The van der Waals surface area contributed by atoms with Crippen molar-refractivity contribution in [2.24, 2.45) is 0 Å². The monoisotopic (exact) mass is 366 g/mol. The van der Waals surface area contributed by atoms with Crippen molar-refractivity contribution < 1.29 is 28.5 Å². The van der Waals surface area contributed by atoms with E-state index in [0.29, 0.717) is 46.4 Å². The van der Waals surface area contributed by atoms with Gasteiger partial charge in [0.25, 0.3) is 0 Å². The Morgan fingerprint density at radius 3 is 1.72 bits per heavy atom. The van der Waals surface area contributed by atoms with Gasteiger partial charge in [-0.3, -0.25) is 4.90 Å². The average Bonchev–Trinajstić information content (AvgIpc) is 2.57. The van der Waals surface area contributed by atoms with Crippen LogP contribution in [0.2, 0.25) is 0 Å². The van der Waals surface area contributed by atoms with E-state index in [2.05, 4.69) is 5.32 Å². The van der Waals surface area contributed by atoms with Crippen LogP contribution < -0.4 is 5.32 Å². The predicted octanol–water partition coefficient (Wildman–Crippen LogP) is 0.402. The lowest BCUT2D eigenvalue weighted by atomic mass is 10.5. The molecule has 0 aliphatic rings. The maximum atomic E-state index is 9.58. The third-order valence-corrected chi connectivity index (χ3v) is 2.46. The maximum Gasteiger partial charge on any atom is 0.145 e. The van der Waals surface area contributed by atoms with Gasteiger partial charge in [0.15, 0.2) is 0 Å². The summed E-state index contributed by atoms with van der Waals surface area (Å²) in [6, 6.07) is 0. The number of carbonyl (C=O) groups excluding carboxylic acids is 1. The summed E-state index contributed by atoms with van der Waals surface area (Å²) < 4.78 is 26.1. The second-order valence-corrected chi connectivity index (χ2v) is 5.61. The van der Waals surface area contributed by atoms with Crippen molar-refractivity contribution in [1.29, 1.82) is 0 Å². The van der Waals surface area contributed by atoms with E-state index in [0.717, 1.165) is 19.4 Å². The number of nitrogens with zero attached hydrogens (tertiary/aromatic N) is 1. The molecule has 8 nitrogen and oxygen atoms in total. The maximum absolute atomic E-state index is 9.58. The molecule has 0 aliphatic carbocycles. The Morgan fingerprint density at radius 1 is 0.880 bits per heavy atom. The third kappa shape index (κ3) is 31.6. The van der Waals surface area contributed by atoms with Crippen LogP contribution in [0.25, 0.3) is 0 Å². The number of nitrogens with one attached hydrogen (secondary N) is 1. The lowest BCUT2D eigenvalue weighted by Crippen LogP contribution is -2.19. The van der Waals surface area contributed by atoms with Crippen LogP contribution in [0.3, 0.4) is 0 Å². The number of likely N-dealkylation sites (N-methyl/N-ethyl adjacent to an activating group) is 1. The first kappa shape index (κ1) is 26.6. The Morgan fingerprint density at radius 2 is 1.36 bits per heavy atom. The predicted molar refractivity (Wildman–Crippen MR) is 98.0 cm³/mol. The molecular weight excluding hydrogens is 328 g/mol. The lowest BCUT2D eigenvalue weighted by Gasteiger charge is -2.10. The van der Waals surface area contributed by atoms with Crippen LogP contribution in [0.15, 0.2) is 0 Å². The van der Waals surface area contributed by atoms with E-state index in [1.165, 1.54) is 0 Å². The highest BCUT2D eigenvalue weighted by Gasteiger charge is 1.93. The van der Waals surface area contributed by atoms with Crippen molar-refractivity contribution in [2.75, 3.05) is 87.3 Å². The fraction of sp³-hybridized carbons (Fsp3) is 0.941. The standard InChI is InChI=1S/C12H28N2O4.C5H10O2/c1-13-4-5-15-6-7-16-8-9-17-10-11-18-12-14(2)3;1-5(2)7-4-3-6/h13H,4-12H2,1-3H3;3,5H,4H2,1-2H3. The van der Waals surface area contributed by atoms with Crippen molar-refractivity contribution in [3.8, 4) is 0 Å². The summed E-state index contributed by atoms with van der Waals surface area (Å²) in [5, 5.41) is 3.01. The number of carbonyl (C=O) groups is 1. The van der Waals surface area contributed by atoms with Crippen molar-refractivity contribution in [3.63, 3.8) is 0 Å². The largest absolute Gasteiger partial charge is 0.378 e. The molecule has 8 heteroatoms. The van der Waals surface area contributed by atoms with Crippen LogP contribution in [0.5, 0.6) is 0 Å². The number of hydrogen-bond donors (Lipinski definition) is 1. The van der Waals surface area contributed by atoms with E-state index in [-0.39, 0.29) is 12.7 Å². The Hall–Kier alpha value is -0.610. The molecule has 0 saturated heterocycles. The molecule has 0 aromatic heterocycles. The van der Waals surface area contributed by atoms with E-state index in [1.54, 1.807) is 0 Å². The van der Waals surface area contributed by atoms with Gasteiger partial charge in [0, 0.05) is 6.54 Å². The highest BCUT2D eigenvalue weighted by Crippen LogP contribution is 1.84. The molecule has 0 fully saturated rings. The van der Waals surface area contributed by atoms with Crippen LogP contribution >= 0.6 is 0 Å². The number of rotatable bonds is 17.